The van der Waals surface area contributed by atoms with Crippen molar-refractivity contribution in [2.24, 2.45) is 0 Å². The first-order valence-corrected chi connectivity index (χ1v) is 17.0. The minimum absolute atomic E-state index is 0.0680. The molecule has 240 valence electrons. The van der Waals surface area contributed by atoms with Crippen LogP contribution in [0.1, 0.15) is 121 Å². The summed E-state index contributed by atoms with van der Waals surface area (Å²) in [5.41, 5.74) is 1.81. The van der Waals surface area contributed by atoms with Gasteiger partial charge >= 0.3 is 5.97 Å². The third-order valence-corrected chi connectivity index (χ3v) is 8.76. The standard InChI is InChI=1S/C37H55F2NO3/c1-3-4-5-6-7-8-9-10-11-12-13-14-15-16-37(41)43-35-28-34(40(2)29-35)25-26-42-36-24-23-33(39)27-31(36)20-17-30-18-21-32(38)22-19-30/h18-19,21-24,27,34-35H,3-17,20,25-26,28-29H2,1-2H3. The van der Waals surface area contributed by atoms with Gasteiger partial charge < -0.3 is 9.47 Å². The number of carbonyl (C=O) groups is 1. The third kappa shape index (κ3) is 14.2. The van der Waals surface area contributed by atoms with E-state index < -0.39 is 0 Å². The topological polar surface area (TPSA) is 38.8 Å². The van der Waals surface area contributed by atoms with E-state index >= 15 is 0 Å². The van der Waals surface area contributed by atoms with Crippen molar-refractivity contribution in [2.75, 3.05) is 20.2 Å². The van der Waals surface area contributed by atoms with E-state index in [1.54, 1.807) is 18.2 Å². The maximum atomic E-state index is 14.0. The van der Waals surface area contributed by atoms with Crippen LogP contribution < -0.4 is 4.74 Å². The predicted molar refractivity (Wildman–Crippen MR) is 172 cm³/mol. The van der Waals surface area contributed by atoms with Crippen LogP contribution in [-0.2, 0) is 22.4 Å². The van der Waals surface area contributed by atoms with Gasteiger partial charge in [-0.2, -0.15) is 0 Å². The lowest BCUT2D eigenvalue weighted by molar-refractivity contribution is -0.148. The molecule has 43 heavy (non-hydrogen) atoms. The number of hydrogen-bond acceptors (Lipinski definition) is 4. The summed E-state index contributed by atoms with van der Waals surface area (Å²) in [6.07, 6.45) is 20.1. The molecular formula is C37H55F2NO3. The summed E-state index contributed by atoms with van der Waals surface area (Å²) in [5.74, 6) is 0.0584. The number of unbranched alkanes of at least 4 members (excludes halogenated alkanes) is 12. The highest BCUT2D eigenvalue weighted by Crippen LogP contribution is 2.25. The van der Waals surface area contributed by atoms with Crippen LogP contribution in [0.2, 0.25) is 0 Å². The van der Waals surface area contributed by atoms with Crippen molar-refractivity contribution in [3.63, 3.8) is 0 Å². The fourth-order valence-electron chi connectivity index (χ4n) is 6.10. The minimum Gasteiger partial charge on any atom is -0.493 e. The average molecular weight is 600 g/mol. The van der Waals surface area contributed by atoms with Gasteiger partial charge in [0.2, 0.25) is 0 Å². The van der Waals surface area contributed by atoms with Gasteiger partial charge in [-0.25, -0.2) is 8.78 Å². The molecular weight excluding hydrogens is 544 g/mol. The Balaban J connectivity index is 1.25. The molecule has 0 radical (unpaired) electrons. The first kappa shape index (κ1) is 35.0. The Morgan fingerprint density at radius 1 is 0.814 bits per heavy atom. The summed E-state index contributed by atoms with van der Waals surface area (Å²) < 4.78 is 39.1. The molecule has 2 unspecified atom stereocenters. The van der Waals surface area contributed by atoms with E-state index in [2.05, 4.69) is 18.9 Å². The van der Waals surface area contributed by atoms with Gasteiger partial charge in [0.15, 0.2) is 0 Å². The molecule has 0 aromatic heterocycles. The van der Waals surface area contributed by atoms with Crippen LogP contribution in [0.25, 0.3) is 0 Å². The summed E-state index contributed by atoms with van der Waals surface area (Å²) in [5, 5.41) is 0. The molecule has 2 aromatic carbocycles. The van der Waals surface area contributed by atoms with Crippen molar-refractivity contribution in [1.29, 1.82) is 0 Å². The predicted octanol–water partition coefficient (Wildman–Crippen LogP) is 9.62. The fourth-order valence-corrected chi connectivity index (χ4v) is 6.10. The Hall–Kier alpha value is -2.47. The van der Waals surface area contributed by atoms with Crippen molar-refractivity contribution >= 4 is 5.97 Å². The van der Waals surface area contributed by atoms with Gasteiger partial charge in [0.05, 0.1) is 6.61 Å². The van der Waals surface area contributed by atoms with Crippen molar-refractivity contribution < 1.29 is 23.0 Å². The Bertz CT molecular complexity index is 1040. The molecule has 0 amide bonds. The number of rotatable bonds is 22. The SMILES string of the molecule is CCCCCCCCCCCCCCCC(=O)OC1CC(CCOc2ccc(F)cc2CCc2ccc(F)cc2)N(C)C1. The Morgan fingerprint density at radius 3 is 2.07 bits per heavy atom. The zero-order chi connectivity index (χ0) is 30.7. The second-order valence-electron chi connectivity index (χ2n) is 12.4. The van der Waals surface area contributed by atoms with E-state index in [1.165, 1.54) is 94.9 Å². The smallest absolute Gasteiger partial charge is 0.306 e. The van der Waals surface area contributed by atoms with E-state index in [1.807, 2.05) is 0 Å². The van der Waals surface area contributed by atoms with Gasteiger partial charge in [-0.1, -0.05) is 96.1 Å². The number of benzene rings is 2. The van der Waals surface area contributed by atoms with Crippen molar-refractivity contribution in [2.45, 2.75) is 135 Å². The molecule has 3 rings (SSSR count). The average Bonchev–Trinajstić information content (AvgIpc) is 3.34. The lowest BCUT2D eigenvalue weighted by Gasteiger charge is -2.19. The van der Waals surface area contributed by atoms with Crippen LogP contribution in [0.5, 0.6) is 5.75 Å². The second kappa shape index (κ2) is 20.5. The van der Waals surface area contributed by atoms with Gasteiger partial charge in [-0.3, -0.25) is 9.69 Å². The lowest BCUT2D eigenvalue weighted by atomic mass is 10.0. The number of hydrogen-bond donors (Lipinski definition) is 0. The van der Waals surface area contributed by atoms with Crippen molar-refractivity contribution in [1.82, 2.24) is 4.90 Å². The van der Waals surface area contributed by atoms with E-state index in [-0.39, 0.29) is 29.7 Å². The molecule has 1 heterocycles. The highest BCUT2D eigenvalue weighted by Gasteiger charge is 2.31. The number of carbonyl (C=O) groups excluding carboxylic acids is 1. The maximum absolute atomic E-state index is 14.0. The van der Waals surface area contributed by atoms with E-state index in [9.17, 15) is 13.6 Å². The number of likely N-dealkylation sites (N-methyl/N-ethyl adjacent to an activating group) is 1. The zero-order valence-corrected chi connectivity index (χ0v) is 26.8. The molecule has 0 bridgehead atoms. The number of nitrogens with zero attached hydrogens (tertiary/aromatic N) is 1. The number of aryl methyl sites for hydroxylation is 2. The van der Waals surface area contributed by atoms with Gasteiger partial charge in [-0.15, -0.1) is 0 Å². The summed E-state index contributed by atoms with van der Waals surface area (Å²) in [6, 6.07) is 11.3. The van der Waals surface area contributed by atoms with Crippen molar-refractivity contribution in [3.05, 3.63) is 65.2 Å². The highest BCUT2D eigenvalue weighted by molar-refractivity contribution is 5.69. The van der Waals surface area contributed by atoms with Crippen LogP contribution in [0.15, 0.2) is 42.5 Å². The van der Waals surface area contributed by atoms with Crippen LogP contribution in [-0.4, -0.2) is 43.2 Å². The van der Waals surface area contributed by atoms with Gasteiger partial charge in [0.25, 0.3) is 0 Å². The Labute approximate surface area is 259 Å². The fraction of sp³-hybridized carbons (Fsp3) is 0.649. The van der Waals surface area contributed by atoms with Gasteiger partial charge in [-0.05, 0) is 74.2 Å². The molecule has 4 nitrogen and oxygen atoms in total. The molecule has 0 spiro atoms. The van der Waals surface area contributed by atoms with E-state index in [0.29, 0.717) is 31.6 Å². The summed E-state index contributed by atoms with van der Waals surface area (Å²) in [4.78, 5) is 14.7. The van der Waals surface area contributed by atoms with Crippen LogP contribution >= 0.6 is 0 Å². The van der Waals surface area contributed by atoms with Gasteiger partial charge in [0, 0.05) is 25.4 Å². The van der Waals surface area contributed by atoms with Gasteiger partial charge in [0.1, 0.15) is 23.5 Å². The molecule has 0 saturated carbocycles. The Kier molecular flexibility index (Phi) is 16.7. The Morgan fingerprint density at radius 2 is 1.42 bits per heavy atom. The number of esters is 1. The maximum Gasteiger partial charge on any atom is 0.306 e. The quantitative estimate of drug-likeness (QED) is 0.0998. The van der Waals surface area contributed by atoms with Crippen LogP contribution in [0.4, 0.5) is 8.78 Å². The second-order valence-corrected chi connectivity index (χ2v) is 12.4. The minimum atomic E-state index is -0.291. The first-order valence-electron chi connectivity index (χ1n) is 17.0. The molecule has 1 aliphatic rings. The summed E-state index contributed by atoms with van der Waals surface area (Å²) >= 11 is 0. The normalized spacial score (nSPS) is 16.9. The molecule has 0 N–H and O–H groups in total. The molecule has 1 fully saturated rings. The number of likely N-dealkylation sites (tertiary alicyclic amines) is 1. The summed E-state index contributed by atoms with van der Waals surface area (Å²) in [7, 11) is 2.07. The largest absolute Gasteiger partial charge is 0.493 e. The first-order chi connectivity index (χ1) is 20.9. The van der Waals surface area contributed by atoms with E-state index in [4.69, 9.17) is 9.47 Å². The molecule has 2 atom stereocenters. The summed E-state index contributed by atoms with van der Waals surface area (Å²) in [6.45, 7) is 3.51. The molecule has 0 aliphatic carbocycles. The number of halogens is 2. The molecule has 6 heteroatoms. The van der Waals surface area contributed by atoms with Crippen molar-refractivity contribution in [3.8, 4) is 5.75 Å². The van der Waals surface area contributed by atoms with E-state index in [0.717, 1.165) is 43.4 Å². The number of ether oxygens (including phenoxy) is 2. The zero-order valence-electron chi connectivity index (χ0n) is 26.8. The molecule has 2 aromatic rings. The monoisotopic (exact) mass is 599 g/mol. The third-order valence-electron chi connectivity index (χ3n) is 8.76. The van der Waals surface area contributed by atoms with Crippen LogP contribution in [0, 0.1) is 11.6 Å². The highest BCUT2D eigenvalue weighted by atomic mass is 19.1. The lowest BCUT2D eigenvalue weighted by Crippen LogP contribution is -2.27. The molecule has 1 saturated heterocycles. The molecule has 1 aliphatic heterocycles. The van der Waals surface area contributed by atoms with Crippen LogP contribution in [0.3, 0.4) is 0 Å².